The van der Waals surface area contributed by atoms with Gasteiger partial charge >= 0.3 is 0 Å². The lowest BCUT2D eigenvalue weighted by atomic mass is 10.1. The first-order valence-corrected chi connectivity index (χ1v) is 7.78. The fourth-order valence-corrected chi connectivity index (χ4v) is 3.33. The van der Waals surface area contributed by atoms with Gasteiger partial charge in [-0.25, -0.2) is 0 Å². The number of anilines is 1. The molecule has 2 rings (SSSR count). The third-order valence-corrected chi connectivity index (χ3v) is 4.43. The van der Waals surface area contributed by atoms with Gasteiger partial charge in [0.15, 0.2) is 0 Å². The highest BCUT2D eigenvalue weighted by atomic mass is 35.5. The van der Waals surface area contributed by atoms with Gasteiger partial charge in [-0.2, -0.15) is 0 Å². The zero-order valence-corrected chi connectivity index (χ0v) is 12.9. The summed E-state index contributed by atoms with van der Waals surface area (Å²) in [7, 11) is 0. The maximum Gasteiger partial charge on any atom is 0.105 e. The fourth-order valence-electron chi connectivity index (χ4n) is 2.82. The van der Waals surface area contributed by atoms with Crippen molar-refractivity contribution in [2.24, 2.45) is 5.73 Å². The Morgan fingerprint density at radius 1 is 1.42 bits per heavy atom. The molecular formula is C15H21ClN2S. The number of nitrogens with two attached hydrogens (primary N) is 1. The van der Waals surface area contributed by atoms with Gasteiger partial charge in [0, 0.05) is 23.8 Å². The standard InChI is InChI=1S/C15H21ClN2S/c1-2-11-6-4-3-5-9-18(11)12-7-8-13(15(17)19)14(16)10-12/h7-8,10-11H,2-6,9H2,1H3,(H2,17,19). The molecule has 1 unspecified atom stereocenters. The maximum absolute atomic E-state index is 6.28. The molecule has 2 N–H and O–H groups in total. The van der Waals surface area contributed by atoms with Crippen molar-refractivity contribution < 1.29 is 0 Å². The van der Waals surface area contributed by atoms with Crippen LogP contribution in [0, 0.1) is 0 Å². The quantitative estimate of drug-likeness (QED) is 0.850. The van der Waals surface area contributed by atoms with Gasteiger partial charge in [-0.05, 0) is 37.5 Å². The van der Waals surface area contributed by atoms with Gasteiger partial charge in [-0.3, -0.25) is 0 Å². The summed E-state index contributed by atoms with van der Waals surface area (Å²) in [5.41, 5.74) is 7.62. The smallest absolute Gasteiger partial charge is 0.105 e. The highest BCUT2D eigenvalue weighted by Gasteiger charge is 2.20. The number of thiocarbonyl (C=S) groups is 1. The molecule has 1 aromatic carbocycles. The predicted molar refractivity (Wildman–Crippen MR) is 87.2 cm³/mol. The lowest BCUT2D eigenvalue weighted by Crippen LogP contribution is -2.34. The van der Waals surface area contributed by atoms with Crippen molar-refractivity contribution in [3.05, 3.63) is 28.8 Å². The van der Waals surface area contributed by atoms with Gasteiger partial charge in [-0.1, -0.05) is 43.6 Å². The molecule has 1 aromatic rings. The molecule has 1 fully saturated rings. The van der Waals surface area contributed by atoms with Crippen LogP contribution in [0.1, 0.15) is 44.6 Å². The van der Waals surface area contributed by atoms with E-state index < -0.39 is 0 Å². The number of halogens is 1. The SMILES string of the molecule is CCC1CCCCCN1c1ccc(C(N)=S)c(Cl)c1. The molecule has 0 bridgehead atoms. The highest BCUT2D eigenvalue weighted by Crippen LogP contribution is 2.29. The Kier molecular flexibility index (Phi) is 5.06. The summed E-state index contributed by atoms with van der Waals surface area (Å²) in [4.78, 5) is 2.85. The van der Waals surface area contributed by atoms with E-state index in [2.05, 4.69) is 17.9 Å². The van der Waals surface area contributed by atoms with Crippen molar-refractivity contribution in [2.45, 2.75) is 45.1 Å². The predicted octanol–water partition coefficient (Wildman–Crippen LogP) is 4.13. The Labute approximate surface area is 125 Å². The summed E-state index contributed by atoms with van der Waals surface area (Å²) in [6.45, 7) is 3.37. The minimum Gasteiger partial charge on any atom is -0.389 e. The second-order valence-electron chi connectivity index (χ2n) is 5.13. The van der Waals surface area contributed by atoms with E-state index in [1.165, 1.54) is 37.8 Å². The Morgan fingerprint density at radius 2 is 2.21 bits per heavy atom. The molecule has 1 aliphatic rings. The fraction of sp³-hybridized carbons (Fsp3) is 0.533. The van der Waals surface area contributed by atoms with Crippen molar-refractivity contribution in [1.82, 2.24) is 0 Å². The van der Waals surface area contributed by atoms with Gasteiger partial charge < -0.3 is 10.6 Å². The van der Waals surface area contributed by atoms with Gasteiger partial charge in [0.1, 0.15) is 4.99 Å². The number of nitrogens with zero attached hydrogens (tertiary/aromatic N) is 1. The molecule has 0 radical (unpaired) electrons. The van der Waals surface area contributed by atoms with Crippen LogP contribution in [0.2, 0.25) is 5.02 Å². The molecule has 1 atom stereocenters. The molecule has 104 valence electrons. The van der Waals surface area contributed by atoms with E-state index in [4.69, 9.17) is 29.6 Å². The topological polar surface area (TPSA) is 29.3 Å². The van der Waals surface area contributed by atoms with E-state index in [1.807, 2.05) is 12.1 Å². The van der Waals surface area contributed by atoms with Crippen LogP contribution >= 0.6 is 23.8 Å². The zero-order chi connectivity index (χ0) is 13.8. The van der Waals surface area contributed by atoms with E-state index in [0.717, 1.165) is 12.1 Å². The van der Waals surface area contributed by atoms with Gasteiger partial charge in [0.25, 0.3) is 0 Å². The molecule has 1 aliphatic heterocycles. The van der Waals surface area contributed by atoms with Crippen LogP contribution < -0.4 is 10.6 Å². The molecule has 4 heteroatoms. The van der Waals surface area contributed by atoms with Crippen molar-refractivity contribution in [3.8, 4) is 0 Å². The van der Waals surface area contributed by atoms with Crippen LogP contribution in [0.5, 0.6) is 0 Å². The van der Waals surface area contributed by atoms with Crippen LogP contribution in [0.4, 0.5) is 5.69 Å². The molecule has 19 heavy (non-hydrogen) atoms. The summed E-state index contributed by atoms with van der Waals surface area (Å²) < 4.78 is 0. The molecule has 1 saturated heterocycles. The second-order valence-corrected chi connectivity index (χ2v) is 5.98. The molecule has 2 nitrogen and oxygen atoms in total. The number of rotatable bonds is 3. The van der Waals surface area contributed by atoms with Crippen LogP contribution in [0.15, 0.2) is 18.2 Å². The zero-order valence-electron chi connectivity index (χ0n) is 11.4. The third-order valence-electron chi connectivity index (χ3n) is 3.90. The average molecular weight is 297 g/mol. The van der Waals surface area contributed by atoms with Crippen LogP contribution in [0.3, 0.4) is 0 Å². The molecule has 0 saturated carbocycles. The normalized spacial score (nSPS) is 20.1. The lowest BCUT2D eigenvalue weighted by molar-refractivity contribution is 0.556. The van der Waals surface area contributed by atoms with Crippen LogP contribution in [-0.2, 0) is 0 Å². The summed E-state index contributed by atoms with van der Waals surface area (Å²) in [6.07, 6.45) is 6.35. The highest BCUT2D eigenvalue weighted by molar-refractivity contribution is 7.80. The molecular weight excluding hydrogens is 276 g/mol. The van der Waals surface area contributed by atoms with E-state index in [-0.39, 0.29) is 0 Å². The van der Waals surface area contributed by atoms with Gasteiger partial charge in [0.2, 0.25) is 0 Å². The third kappa shape index (κ3) is 3.40. The summed E-state index contributed by atoms with van der Waals surface area (Å²) in [6, 6.07) is 6.66. The molecule has 0 aromatic heterocycles. The molecule has 0 spiro atoms. The lowest BCUT2D eigenvalue weighted by Gasteiger charge is -2.31. The van der Waals surface area contributed by atoms with E-state index in [9.17, 15) is 0 Å². The van der Waals surface area contributed by atoms with Crippen molar-refractivity contribution in [3.63, 3.8) is 0 Å². The Hall–Kier alpha value is -0.800. The summed E-state index contributed by atoms with van der Waals surface area (Å²) >= 11 is 11.3. The first kappa shape index (κ1) is 14.6. The Balaban J connectivity index is 2.28. The number of hydrogen-bond donors (Lipinski definition) is 1. The van der Waals surface area contributed by atoms with E-state index >= 15 is 0 Å². The second kappa shape index (κ2) is 6.58. The minimum atomic E-state index is 0.361. The van der Waals surface area contributed by atoms with Gasteiger partial charge in [0.05, 0.1) is 5.02 Å². The summed E-state index contributed by atoms with van der Waals surface area (Å²) in [5, 5.41) is 0.657. The monoisotopic (exact) mass is 296 g/mol. The first-order valence-electron chi connectivity index (χ1n) is 6.99. The Bertz CT molecular complexity index is 461. The van der Waals surface area contributed by atoms with Crippen molar-refractivity contribution in [2.75, 3.05) is 11.4 Å². The maximum atomic E-state index is 6.28. The first-order chi connectivity index (χ1) is 9.13. The molecule has 0 aliphatic carbocycles. The van der Waals surface area contributed by atoms with E-state index in [0.29, 0.717) is 16.1 Å². The molecule has 1 heterocycles. The largest absolute Gasteiger partial charge is 0.389 e. The number of hydrogen-bond acceptors (Lipinski definition) is 2. The van der Waals surface area contributed by atoms with Crippen LogP contribution in [0.25, 0.3) is 0 Å². The number of benzene rings is 1. The molecule has 0 amide bonds. The Morgan fingerprint density at radius 3 is 2.84 bits per heavy atom. The van der Waals surface area contributed by atoms with Crippen molar-refractivity contribution >= 4 is 34.5 Å². The van der Waals surface area contributed by atoms with Crippen LogP contribution in [-0.4, -0.2) is 17.6 Å². The summed E-state index contributed by atoms with van der Waals surface area (Å²) in [5.74, 6) is 0. The minimum absolute atomic E-state index is 0.361. The van der Waals surface area contributed by atoms with E-state index in [1.54, 1.807) is 0 Å². The average Bonchev–Trinajstić information content (AvgIpc) is 2.63. The van der Waals surface area contributed by atoms with Crippen molar-refractivity contribution in [1.29, 1.82) is 0 Å². The van der Waals surface area contributed by atoms with Gasteiger partial charge in [-0.15, -0.1) is 0 Å².